The largest absolute Gasteiger partial charge is 0.490 e. The third-order valence-electron chi connectivity index (χ3n) is 5.63. The zero-order valence-corrected chi connectivity index (χ0v) is 21.5. The Morgan fingerprint density at radius 1 is 1.21 bits per heavy atom. The van der Waals surface area contributed by atoms with Gasteiger partial charge in [0.15, 0.2) is 5.82 Å². The summed E-state index contributed by atoms with van der Waals surface area (Å²) >= 11 is 1.19. The fourth-order valence-corrected chi connectivity index (χ4v) is 5.39. The molecule has 2 aromatic carbocycles. The van der Waals surface area contributed by atoms with Crippen molar-refractivity contribution in [2.75, 3.05) is 29.8 Å². The average molecular weight is 579 g/mol. The van der Waals surface area contributed by atoms with E-state index in [0.717, 1.165) is 31.6 Å². The second-order valence-electron chi connectivity index (χ2n) is 8.29. The molecule has 15 heteroatoms. The highest BCUT2D eigenvalue weighted by Gasteiger charge is 2.38. The molecule has 1 atom stereocenters. The van der Waals surface area contributed by atoms with Crippen molar-refractivity contribution in [3.8, 4) is 0 Å². The van der Waals surface area contributed by atoms with Crippen molar-refractivity contribution in [2.24, 2.45) is 0 Å². The lowest BCUT2D eigenvalue weighted by molar-refractivity contribution is -0.192. The third-order valence-corrected chi connectivity index (χ3v) is 7.59. The molecule has 3 aromatic rings. The van der Waals surface area contributed by atoms with E-state index in [-0.39, 0.29) is 17.5 Å². The molecule has 38 heavy (non-hydrogen) atoms. The molecule has 1 fully saturated rings. The molecule has 8 nitrogen and oxygen atoms in total. The summed E-state index contributed by atoms with van der Waals surface area (Å²) in [5, 5.41) is 8.59. The van der Waals surface area contributed by atoms with E-state index in [1.165, 1.54) is 27.8 Å². The molecule has 2 heterocycles. The van der Waals surface area contributed by atoms with Gasteiger partial charge in [-0.3, -0.25) is 9.62 Å². The molecule has 0 aliphatic carbocycles. The Morgan fingerprint density at radius 2 is 1.87 bits per heavy atom. The number of sulfonamides is 1. The maximum absolute atomic E-state index is 14.9. The summed E-state index contributed by atoms with van der Waals surface area (Å²) in [4.78, 5) is 15.9. The van der Waals surface area contributed by atoms with Gasteiger partial charge in [0.1, 0.15) is 16.5 Å². The summed E-state index contributed by atoms with van der Waals surface area (Å²) in [7, 11) is -2.58. The first-order chi connectivity index (χ1) is 17.8. The average Bonchev–Trinajstić information content (AvgIpc) is 3.52. The van der Waals surface area contributed by atoms with Gasteiger partial charge in [-0.1, -0.05) is 30.3 Å². The fraction of sp³-hybridized carbons (Fsp3) is 0.304. The lowest BCUT2D eigenvalue weighted by atomic mass is 10.2. The van der Waals surface area contributed by atoms with Gasteiger partial charge in [0.25, 0.3) is 10.0 Å². The summed E-state index contributed by atoms with van der Waals surface area (Å²) in [6, 6.07) is 11.7. The van der Waals surface area contributed by atoms with E-state index in [1.54, 1.807) is 11.9 Å². The third kappa shape index (κ3) is 7.61. The first kappa shape index (κ1) is 29.3. The second-order valence-corrected chi connectivity index (χ2v) is 10.7. The van der Waals surface area contributed by atoms with Gasteiger partial charge in [0.05, 0.1) is 11.2 Å². The van der Waals surface area contributed by atoms with E-state index in [1.807, 2.05) is 18.2 Å². The Labute approximate surface area is 219 Å². The number of carboxylic acid groups (broad SMARTS) is 1. The van der Waals surface area contributed by atoms with Crippen LogP contribution in [0.3, 0.4) is 0 Å². The first-order valence-electron chi connectivity index (χ1n) is 11.0. The summed E-state index contributed by atoms with van der Waals surface area (Å²) in [5.41, 5.74) is 2.68. The van der Waals surface area contributed by atoms with E-state index in [0.29, 0.717) is 6.54 Å². The molecular formula is C23H23F5N4O4S2. The number of rotatable bonds is 7. The van der Waals surface area contributed by atoms with Crippen LogP contribution in [0.2, 0.25) is 0 Å². The van der Waals surface area contributed by atoms with Crippen molar-refractivity contribution >= 4 is 38.8 Å². The molecule has 1 saturated heterocycles. The number of aromatic nitrogens is 1. The summed E-state index contributed by atoms with van der Waals surface area (Å²) in [6.45, 7) is 2.34. The van der Waals surface area contributed by atoms with Crippen LogP contribution in [0.15, 0.2) is 58.3 Å². The van der Waals surface area contributed by atoms with Crippen LogP contribution in [-0.2, 0) is 21.4 Å². The molecule has 1 aliphatic rings. The molecule has 2 N–H and O–H groups in total. The lowest BCUT2D eigenvalue weighted by Gasteiger charge is -2.28. The molecular weight excluding hydrogens is 555 g/mol. The fourth-order valence-electron chi connectivity index (χ4n) is 3.76. The molecule has 0 radical (unpaired) electrons. The number of anilines is 2. The molecule has 0 bridgehead atoms. The molecule has 0 spiro atoms. The Morgan fingerprint density at radius 3 is 2.45 bits per heavy atom. The zero-order valence-electron chi connectivity index (χ0n) is 19.8. The maximum Gasteiger partial charge on any atom is 0.490 e. The zero-order chi connectivity index (χ0) is 28.1. The predicted octanol–water partition coefficient (Wildman–Crippen LogP) is 4.57. The van der Waals surface area contributed by atoms with Crippen molar-refractivity contribution in [3.05, 3.63) is 70.6 Å². The van der Waals surface area contributed by atoms with Crippen LogP contribution in [0.5, 0.6) is 0 Å². The number of alkyl halides is 3. The van der Waals surface area contributed by atoms with Crippen molar-refractivity contribution in [2.45, 2.75) is 30.1 Å². The van der Waals surface area contributed by atoms with Gasteiger partial charge >= 0.3 is 12.1 Å². The molecule has 1 aliphatic heterocycles. The van der Waals surface area contributed by atoms with E-state index in [2.05, 4.69) is 26.7 Å². The number of likely N-dealkylation sites (tertiary alicyclic amines) is 1. The number of thiazole rings is 1. The van der Waals surface area contributed by atoms with Gasteiger partial charge in [-0.15, -0.1) is 11.3 Å². The predicted molar refractivity (Wildman–Crippen MR) is 131 cm³/mol. The quantitative estimate of drug-likeness (QED) is 0.396. The van der Waals surface area contributed by atoms with Crippen LogP contribution >= 0.6 is 11.3 Å². The normalized spacial score (nSPS) is 16.0. The number of halogens is 5. The Hall–Kier alpha value is -3.30. The number of carbonyl (C=O) groups is 1. The SMILES string of the molecule is CN(c1cc(F)c(S(=O)(=O)Nc2cscn2)cc1F)[C@H]1CCN(Cc2ccccc2)C1.O=C(O)C(F)(F)F. The monoisotopic (exact) mass is 578 g/mol. The van der Waals surface area contributed by atoms with Crippen molar-refractivity contribution in [3.63, 3.8) is 0 Å². The van der Waals surface area contributed by atoms with E-state index < -0.39 is 38.7 Å². The van der Waals surface area contributed by atoms with Crippen LogP contribution in [0.1, 0.15) is 12.0 Å². The Bertz CT molecular complexity index is 1340. The van der Waals surface area contributed by atoms with Gasteiger partial charge in [-0.05, 0) is 18.1 Å². The molecule has 0 unspecified atom stereocenters. The van der Waals surface area contributed by atoms with Gasteiger partial charge in [0, 0.05) is 44.2 Å². The van der Waals surface area contributed by atoms with Crippen LogP contribution in [0.4, 0.5) is 33.5 Å². The summed E-state index contributed by atoms with van der Waals surface area (Å²) in [5.74, 6) is -4.49. The minimum absolute atomic E-state index is 0.00630. The number of carboxylic acids is 1. The Kier molecular flexibility index (Phi) is 9.27. The van der Waals surface area contributed by atoms with Crippen molar-refractivity contribution in [1.29, 1.82) is 0 Å². The highest BCUT2D eigenvalue weighted by Crippen LogP contribution is 2.30. The molecule has 1 aromatic heterocycles. The van der Waals surface area contributed by atoms with E-state index in [4.69, 9.17) is 9.90 Å². The summed E-state index contributed by atoms with van der Waals surface area (Å²) in [6.07, 6.45) is -4.28. The van der Waals surface area contributed by atoms with Crippen molar-refractivity contribution < 1.29 is 40.3 Å². The topological polar surface area (TPSA) is 103 Å². The van der Waals surface area contributed by atoms with Gasteiger partial charge in [-0.25, -0.2) is 27.0 Å². The maximum atomic E-state index is 14.9. The van der Waals surface area contributed by atoms with Gasteiger partial charge in [-0.2, -0.15) is 13.2 Å². The number of aliphatic carboxylic acids is 1. The molecule has 206 valence electrons. The van der Waals surface area contributed by atoms with Crippen LogP contribution in [0, 0.1) is 11.6 Å². The van der Waals surface area contributed by atoms with E-state index in [9.17, 15) is 30.4 Å². The number of nitrogens with zero attached hydrogens (tertiary/aromatic N) is 3. The Balaban J connectivity index is 0.000000505. The second kappa shape index (κ2) is 12.0. The first-order valence-corrected chi connectivity index (χ1v) is 13.4. The molecule has 4 rings (SSSR count). The van der Waals surface area contributed by atoms with Gasteiger partial charge < -0.3 is 10.0 Å². The number of hydrogen-bond donors (Lipinski definition) is 2. The van der Waals surface area contributed by atoms with Crippen LogP contribution in [0.25, 0.3) is 0 Å². The molecule has 0 saturated carbocycles. The van der Waals surface area contributed by atoms with Crippen LogP contribution < -0.4 is 9.62 Å². The minimum atomic E-state index is -5.08. The number of benzene rings is 2. The number of likely N-dealkylation sites (N-methyl/N-ethyl adjacent to an activating group) is 1. The number of hydrogen-bond acceptors (Lipinski definition) is 7. The van der Waals surface area contributed by atoms with Crippen molar-refractivity contribution in [1.82, 2.24) is 9.88 Å². The smallest absolute Gasteiger partial charge is 0.475 e. The summed E-state index contributed by atoms with van der Waals surface area (Å²) < 4.78 is 88.4. The van der Waals surface area contributed by atoms with E-state index >= 15 is 0 Å². The lowest BCUT2D eigenvalue weighted by Crippen LogP contribution is -2.35. The minimum Gasteiger partial charge on any atom is -0.475 e. The number of nitrogens with one attached hydrogen (secondary N) is 1. The highest BCUT2D eigenvalue weighted by molar-refractivity contribution is 7.92. The standard InChI is InChI=1S/C21H22F2N4O2S2.C2HF3O2/c1-26(16-7-8-27(12-16)11-15-5-3-2-4-6-15)19-9-18(23)20(10-17(19)22)31(28,29)25-21-13-30-14-24-21;3-2(4,5)1(6)7/h2-6,9-10,13-14,16,25H,7-8,11-12H2,1H3;(H,6,7)/t16-;/m0./s1. The van der Waals surface area contributed by atoms with Crippen LogP contribution in [-0.4, -0.2) is 61.7 Å². The molecule has 0 amide bonds. The van der Waals surface area contributed by atoms with Gasteiger partial charge in [0.2, 0.25) is 0 Å². The highest BCUT2D eigenvalue weighted by atomic mass is 32.2.